The Bertz CT molecular complexity index is 823. The lowest BCUT2D eigenvalue weighted by molar-refractivity contribution is -0.117. The molecule has 26 heavy (non-hydrogen) atoms. The summed E-state index contributed by atoms with van der Waals surface area (Å²) in [6.45, 7) is 6.02. The van der Waals surface area contributed by atoms with Crippen LogP contribution in [-0.4, -0.2) is 16.1 Å². The number of hydrogen-bond donors (Lipinski definition) is 2. The van der Waals surface area contributed by atoms with Gasteiger partial charge in [-0.25, -0.2) is 0 Å². The number of halogens is 1. The van der Waals surface area contributed by atoms with E-state index in [1.807, 2.05) is 63.2 Å². The molecule has 5 heteroatoms. The molecule has 1 aromatic heterocycles. The maximum atomic E-state index is 11.4. The van der Waals surface area contributed by atoms with E-state index in [0.29, 0.717) is 5.88 Å². The average molecular weight is 372 g/mol. The lowest BCUT2D eigenvalue weighted by Crippen LogP contribution is -2.13. The van der Waals surface area contributed by atoms with Crippen molar-refractivity contribution in [3.05, 3.63) is 59.8 Å². The molecule has 0 saturated heterocycles. The Kier molecular flexibility index (Phi) is 7.67. The summed E-state index contributed by atoms with van der Waals surface area (Å²) in [5.74, 6) is 0.906. The Morgan fingerprint density at radius 2 is 1.81 bits per heavy atom. The second-order valence-electron chi connectivity index (χ2n) is 5.96. The van der Waals surface area contributed by atoms with Gasteiger partial charge in [0.05, 0.1) is 5.52 Å². The fourth-order valence-corrected chi connectivity index (χ4v) is 2.54. The number of carbonyl (C=O) groups is 1. The molecule has 0 spiro atoms. The number of anilines is 1. The molecular weight excluding hydrogens is 346 g/mol. The van der Waals surface area contributed by atoms with Gasteiger partial charge in [-0.15, -0.1) is 11.6 Å². The SMILES string of the molecule is CC.Cc1[nH]nc2ccccc12.O=C(Nc1ccc(CCl)cc1)C1CC1. The van der Waals surface area contributed by atoms with E-state index in [4.69, 9.17) is 11.6 Å². The van der Waals surface area contributed by atoms with Crippen molar-refractivity contribution in [3.63, 3.8) is 0 Å². The van der Waals surface area contributed by atoms with Crippen molar-refractivity contribution in [1.82, 2.24) is 10.2 Å². The lowest BCUT2D eigenvalue weighted by atomic mass is 10.2. The van der Waals surface area contributed by atoms with Crippen LogP contribution in [0, 0.1) is 12.8 Å². The number of nitrogens with one attached hydrogen (secondary N) is 2. The molecule has 4 nitrogen and oxygen atoms in total. The van der Waals surface area contributed by atoms with Crippen LogP contribution in [0.25, 0.3) is 10.9 Å². The predicted octanol–water partition coefficient (Wildman–Crippen LogP) is 5.67. The quantitative estimate of drug-likeness (QED) is 0.582. The third kappa shape index (κ3) is 5.60. The smallest absolute Gasteiger partial charge is 0.227 e. The van der Waals surface area contributed by atoms with Crippen LogP contribution in [0.1, 0.15) is 37.9 Å². The third-order valence-corrected chi connectivity index (χ3v) is 4.28. The number of hydrogen-bond acceptors (Lipinski definition) is 2. The summed E-state index contributed by atoms with van der Waals surface area (Å²) in [6.07, 6.45) is 2.07. The van der Waals surface area contributed by atoms with Crippen molar-refractivity contribution in [2.24, 2.45) is 5.92 Å². The van der Waals surface area contributed by atoms with Crippen LogP contribution < -0.4 is 5.32 Å². The van der Waals surface area contributed by atoms with Gasteiger partial charge in [0, 0.05) is 28.6 Å². The van der Waals surface area contributed by atoms with Gasteiger partial charge in [0.2, 0.25) is 5.91 Å². The van der Waals surface area contributed by atoms with E-state index < -0.39 is 0 Å². The molecule has 0 aliphatic heterocycles. The highest BCUT2D eigenvalue weighted by Gasteiger charge is 2.29. The first-order valence-electron chi connectivity index (χ1n) is 9.03. The van der Waals surface area contributed by atoms with E-state index in [1.54, 1.807) is 0 Å². The number of nitrogens with zero attached hydrogens (tertiary/aromatic N) is 1. The summed E-state index contributed by atoms with van der Waals surface area (Å²) in [5.41, 5.74) is 4.10. The second kappa shape index (κ2) is 9.97. The lowest BCUT2D eigenvalue weighted by Gasteiger charge is -2.04. The third-order valence-electron chi connectivity index (χ3n) is 3.98. The van der Waals surface area contributed by atoms with Gasteiger partial charge >= 0.3 is 0 Å². The summed E-state index contributed by atoms with van der Waals surface area (Å²) in [7, 11) is 0. The number of benzene rings is 2. The minimum atomic E-state index is 0.142. The first-order valence-corrected chi connectivity index (χ1v) is 9.56. The summed E-state index contributed by atoms with van der Waals surface area (Å²) in [4.78, 5) is 11.4. The number of aromatic nitrogens is 2. The first-order chi connectivity index (χ1) is 12.7. The van der Waals surface area contributed by atoms with Gasteiger partial charge in [-0.1, -0.05) is 44.2 Å². The summed E-state index contributed by atoms with van der Waals surface area (Å²) in [5, 5.41) is 11.1. The number of aryl methyl sites for hydroxylation is 1. The number of H-pyrrole nitrogens is 1. The molecule has 1 aliphatic carbocycles. The van der Waals surface area contributed by atoms with E-state index >= 15 is 0 Å². The Balaban J connectivity index is 0.000000178. The fourth-order valence-electron chi connectivity index (χ4n) is 2.36. The van der Waals surface area contributed by atoms with Crippen LogP contribution in [0.2, 0.25) is 0 Å². The van der Waals surface area contributed by atoms with Gasteiger partial charge in [-0.2, -0.15) is 5.10 Å². The molecular formula is C21H26ClN3O. The molecule has 0 unspecified atom stereocenters. The molecule has 0 atom stereocenters. The molecule has 0 bridgehead atoms. The van der Waals surface area contributed by atoms with Crippen LogP contribution in [0.15, 0.2) is 48.5 Å². The summed E-state index contributed by atoms with van der Waals surface area (Å²) in [6, 6.07) is 15.7. The zero-order valence-corrected chi connectivity index (χ0v) is 16.3. The highest BCUT2D eigenvalue weighted by molar-refractivity contribution is 6.17. The number of carbonyl (C=O) groups excluding carboxylic acids is 1. The zero-order chi connectivity index (χ0) is 18.9. The van der Waals surface area contributed by atoms with Crippen molar-refractivity contribution in [1.29, 1.82) is 0 Å². The summed E-state index contributed by atoms with van der Waals surface area (Å²) < 4.78 is 0. The Labute approximate surface area is 160 Å². The number of alkyl halides is 1. The maximum absolute atomic E-state index is 11.4. The van der Waals surface area contributed by atoms with Gasteiger partial charge in [0.15, 0.2) is 0 Å². The molecule has 3 aromatic rings. The average Bonchev–Trinajstić information content (AvgIpc) is 3.49. The van der Waals surface area contributed by atoms with Crippen molar-refractivity contribution >= 4 is 34.1 Å². The van der Waals surface area contributed by atoms with Crippen molar-refractivity contribution in [2.45, 2.75) is 39.5 Å². The Morgan fingerprint density at radius 1 is 1.15 bits per heavy atom. The van der Waals surface area contributed by atoms with Crippen LogP contribution >= 0.6 is 11.6 Å². The van der Waals surface area contributed by atoms with Crippen LogP contribution in [0.4, 0.5) is 5.69 Å². The highest BCUT2D eigenvalue weighted by atomic mass is 35.5. The molecule has 1 fully saturated rings. The molecule has 1 amide bonds. The topological polar surface area (TPSA) is 57.8 Å². The number of rotatable bonds is 3. The molecule has 0 radical (unpaired) electrons. The van der Waals surface area contributed by atoms with Crippen molar-refractivity contribution in [2.75, 3.05) is 5.32 Å². The van der Waals surface area contributed by atoms with E-state index in [9.17, 15) is 4.79 Å². The second-order valence-corrected chi connectivity index (χ2v) is 6.23. The van der Waals surface area contributed by atoms with Crippen LogP contribution in [0.3, 0.4) is 0 Å². The Morgan fingerprint density at radius 3 is 2.38 bits per heavy atom. The van der Waals surface area contributed by atoms with E-state index in [-0.39, 0.29) is 11.8 Å². The monoisotopic (exact) mass is 371 g/mol. The number of aromatic amines is 1. The molecule has 138 valence electrons. The molecule has 2 N–H and O–H groups in total. The number of fused-ring (bicyclic) bond motifs is 1. The highest BCUT2D eigenvalue weighted by Crippen LogP contribution is 2.30. The van der Waals surface area contributed by atoms with E-state index in [0.717, 1.165) is 35.3 Å². The van der Waals surface area contributed by atoms with Gasteiger partial charge in [0.1, 0.15) is 0 Å². The molecule has 4 rings (SSSR count). The molecule has 2 aromatic carbocycles. The standard InChI is InChI=1S/C11H12ClNO.C8H8N2.C2H6/c12-7-8-1-5-10(6-2-8)13-11(14)9-3-4-9;1-6-7-4-2-3-5-8(7)10-9-6;1-2/h1-2,5-6,9H,3-4,7H2,(H,13,14);2-5H,1H3,(H,9,10);1-2H3. The van der Waals surface area contributed by atoms with Gasteiger partial charge < -0.3 is 5.32 Å². The van der Waals surface area contributed by atoms with Gasteiger partial charge in [-0.05, 0) is 43.5 Å². The fraction of sp³-hybridized carbons (Fsp3) is 0.333. The Hall–Kier alpha value is -2.33. The first kappa shape index (κ1) is 20.0. The van der Waals surface area contributed by atoms with Crippen molar-refractivity contribution in [3.8, 4) is 0 Å². The van der Waals surface area contributed by atoms with E-state index in [2.05, 4.69) is 21.6 Å². The van der Waals surface area contributed by atoms with Crippen molar-refractivity contribution < 1.29 is 4.79 Å². The minimum Gasteiger partial charge on any atom is -0.326 e. The largest absolute Gasteiger partial charge is 0.326 e. The van der Waals surface area contributed by atoms with Crippen LogP contribution in [0.5, 0.6) is 0 Å². The van der Waals surface area contributed by atoms with Gasteiger partial charge in [0.25, 0.3) is 0 Å². The van der Waals surface area contributed by atoms with E-state index in [1.165, 1.54) is 5.39 Å². The predicted molar refractivity (Wildman–Crippen MR) is 110 cm³/mol. The van der Waals surface area contributed by atoms with Gasteiger partial charge in [-0.3, -0.25) is 9.89 Å². The van der Waals surface area contributed by atoms with Crippen LogP contribution in [-0.2, 0) is 10.7 Å². The molecule has 1 heterocycles. The minimum absolute atomic E-state index is 0.142. The number of para-hydroxylation sites is 1. The maximum Gasteiger partial charge on any atom is 0.227 e. The molecule has 1 aliphatic rings. The normalized spacial score (nSPS) is 12.5. The number of amides is 1. The zero-order valence-electron chi connectivity index (χ0n) is 15.6. The molecule has 1 saturated carbocycles. The summed E-state index contributed by atoms with van der Waals surface area (Å²) >= 11 is 5.66.